The maximum absolute atomic E-state index is 12.9. The molecule has 0 radical (unpaired) electrons. The van der Waals surface area contributed by atoms with Crippen LogP contribution in [0.4, 0.5) is 10.4 Å². The van der Waals surface area contributed by atoms with Crippen LogP contribution in [0.1, 0.15) is 21.8 Å². The van der Waals surface area contributed by atoms with Gasteiger partial charge in [0, 0.05) is 10.5 Å². The summed E-state index contributed by atoms with van der Waals surface area (Å²) in [7, 11) is 0. The van der Waals surface area contributed by atoms with Crippen molar-refractivity contribution in [3.05, 3.63) is 71.4 Å². The van der Waals surface area contributed by atoms with E-state index in [2.05, 4.69) is 15.5 Å². The molecule has 0 aliphatic rings. The molecule has 7 heteroatoms. The van der Waals surface area contributed by atoms with E-state index in [1.54, 1.807) is 11.8 Å². The molecule has 1 heterocycles. The molecule has 0 saturated heterocycles. The SMILES string of the molecule is CSc1ccc(Cc2nnc(NC(=O)c3ccc(F)cc3)o2)cc1. The van der Waals surface area contributed by atoms with Gasteiger partial charge in [-0.25, -0.2) is 4.39 Å². The second kappa shape index (κ2) is 7.27. The molecule has 0 fully saturated rings. The van der Waals surface area contributed by atoms with Gasteiger partial charge < -0.3 is 4.42 Å². The summed E-state index contributed by atoms with van der Waals surface area (Å²) >= 11 is 1.67. The van der Waals surface area contributed by atoms with Crippen LogP contribution in [0.25, 0.3) is 0 Å². The Kier molecular flexibility index (Phi) is 4.90. The molecule has 1 aromatic heterocycles. The molecule has 0 aliphatic carbocycles. The number of amides is 1. The lowest BCUT2D eigenvalue weighted by Gasteiger charge is -2.00. The summed E-state index contributed by atoms with van der Waals surface area (Å²) in [6.07, 6.45) is 2.50. The van der Waals surface area contributed by atoms with Gasteiger partial charge in [0.2, 0.25) is 5.89 Å². The summed E-state index contributed by atoms with van der Waals surface area (Å²) in [6.45, 7) is 0. The zero-order chi connectivity index (χ0) is 16.9. The number of aromatic nitrogens is 2. The minimum atomic E-state index is -0.436. The van der Waals surface area contributed by atoms with E-state index in [4.69, 9.17) is 4.42 Å². The molecule has 1 N–H and O–H groups in total. The first-order valence-corrected chi connectivity index (χ1v) is 8.39. The van der Waals surface area contributed by atoms with E-state index in [-0.39, 0.29) is 6.01 Å². The highest BCUT2D eigenvalue weighted by molar-refractivity contribution is 7.98. The third kappa shape index (κ3) is 3.99. The maximum Gasteiger partial charge on any atom is 0.322 e. The summed E-state index contributed by atoms with van der Waals surface area (Å²) < 4.78 is 18.3. The molecule has 0 spiro atoms. The van der Waals surface area contributed by atoms with Crippen LogP contribution >= 0.6 is 11.8 Å². The Labute approximate surface area is 142 Å². The van der Waals surface area contributed by atoms with Crippen molar-refractivity contribution < 1.29 is 13.6 Å². The highest BCUT2D eigenvalue weighted by Gasteiger charge is 2.12. The molecule has 0 aliphatic heterocycles. The molecular formula is C17H14FN3O2S. The standard InChI is InChI=1S/C17H14FN3O2S/c1-24-14-8-2-11(3-9-14)10-15-20-21-17(23-15)19-16(22)12-4-6-13(18)7-5-12/h2-9H,10H2,1H3,(H,19,21,22). The van der Waals surface area contributed by atoms with Gasteiger partial charge >= 0.3 is 6.01 Å². The monoisotopic (exact) mass is 343 g/mol. The van der Waals surface area contributed by atoms with Crippen molar-refractivity contribution >= 4 is 23.7 Å². The highest BCUT2D eigenvalue weighted by Crippen LogP contribution is 2.17. The Bertz CT molecular complexity index is 832. The average Bonchev–Trinajstić information content (AvgIpc) is 3.03. The molecule has 0 saturated carbocycles. The number of halogens is 1. The van der Waals surface area contributed by atoms with E-state index in [0.29, 0.717) is 17.9 Å². The lowest BCUT2D eigenvalue weighted by Crippen LogP contribution is -2.12. The minimum absolute atomic E-state index is 0.0139. The van der Waals surface area contributed by atoms with E-state index in [1.807, 2.05) is 30.5 Å². The summed E-state index contributed by atoms with van der Waals surface area (Å²) in [5.74, 6) is -0.435. The predicted molar refractivity (Wildman–Crippen MR) is 89.7 cm³/mol. The van der Waals surface area contributed by atoms with E-state index in [9.17, 15) is 9.18 Å². The predicted octanol–water partition coefficient (Wildman–Crippen LogP) is 3.77. The molecule has 122 valence electrons. The summed E-state index contributed by atoms with van der Waals surface area (Å²) in [5, 5.41) is 10.2. The van der Waals surface area contributed by atoms with Gasteiger partial charge in [-0.15, -0.1) is 16.9 Å². The summed E-state index contributed by atoms with van der Waals surface area (Å²) in [5.41, 5.74) is 1.34. The van der Waals surface area contributed by atoms with Crippen LogP contribution in [0.2, 0.25) is 0 Å². The van der Waals surface area contributed by atoms with Gasteiger partial charge in [0.15, 0.2) is 0 Å². The first-order valence-electron chi connectivity index (χ1n) is 7.16. The van der Waals surface area contributed by atoms with E-state index < -0.39 is 11.7 Å². The normalized spacial score (nSPS) is 10.6. The van der Waals surface area contributed by atoms with Crippen molar-refractivity contribution in [2.45, 2.75) is 11.3 Å². The van der Waals surface area contributed by atoms with Crippen molar-refractivity contribution in [3.8, 4) is 0 Å². The summed E-state index contributed by atoms with van der Waals surface area (Å²) in [4.78, 5) is 13.2. The number of anilines is 1. The topological polar surface area (TPSA) is 68.0 Å². The van der Waals surface area contributed by atoms with Crippen molar-refractivity contribution in [3.63, 3.8) is 0 Å². The number of hydrogen-bond acceptors (Lipinski definition) is 5. The van der Waals surface area contributed by atoms with Gasteiger partial charge in [0.25, 0.3) is 5.91 Å². The third-order valence-corrected chi connectivity index (χ3v) is 4.05. The fourth-order valence-corrected chi connectivity index (χ4v) is 2.47. The second-order valence-electron chi connectivity index (χ2n) is 4.99. The first-order chi connectivity index (χ1) is 11.6. The van der Waals surface area contributed by atoms with Crippen molar-refractivity contribution in [1.82, 2.24) is 10.2 Å². The molecule has 3 aromatic rings. The summed E-state index contributed by atoms with van der Waals surface area (Å²) in [6, 6.07) is 13.2. The fourth-order valence-electron chi connectivity index (χ4n) is 2.06. The van der Waals surface area contributed by atoms with Gasteiger partial charge in [-0.3, -0.25) is 10.1 Å². The molecule has 5 nitrogen and oxygen atoms in total. The van der Waals surface area contributed by atoms with Gasteiger partial charge in [-0.2, -0.15) is 0 Å². The first kappa shape index (κ1) is 16.2. The molecule has 24 heavy (non-hydrogen) atoms. The van der Waals surface area contributed by atoms with Crippen LogP contribution < -0.4 is 5.32 Å². The smallest absolute Gasteiger partial charge is 0.322 e. The number of thioether (sulfide) groups is 1. The van der Waals surface area contributed by atoms with Crippen LogP contribution in [0.3, 0.4) is 0 Å². The number of nitrogens with one attached hydrogen (secondary N) is 1. The molecule has 1 amide bonds. The molecule has 0 unspecified atom stereocenters. The zero-order valence-corrected chi connectivity index (χ0v) is 13.6. The van der Waals surface area contributed by atoms with Crippen molar-refractivity contribution in [2.24, 2.45) is 0 Å². The van der Waals surface area contributed by atoms with Crippen LogP contribution in [0.15, 0.2) is 57.8 Å². The number of nitrogens with zero attached hydrogens (tertiary/aromatic N) is 2. The van der Waals surface area contributed by atoms with Crippen LogP contribution in [-0.4, -0.2) is 22.4 Å². The quantitative estimate of drug-likeness (QED) is 0.714. The number of carbonyl (C=O) groups excluding carboxylic acids is 1. The molecular weight excluding hydrogens is 329 g/mol. The van der Waals surface area contributed by atoms with Gasteiger partial charge in [-0.05, 0) is 48.2 Å². The van der Waals surface area contributed by atoms with Crippen molar-refractivity contribution in [2.75, 3.05) is 11.6 Å². The van der Waals surface area contributed by atoms with Gasteiger partial charge in [-0.1, -0.05) is 17.2 Å². The van der Waals surface area contributed by atoms with E-state index >= 15 is 0 Å². The lowest BCUT2D eigenvalue weighted by atomic mass is 10.1. The molecule has 2 aromatic carbocycles. The zero-order valence-electron chi connectivity index (χ0n) is 12.8. The highest BCUT2D eigenvalue weighted by atomic mass is 32.2. The number of hydrogen-bond donors (Lipinski definition) is 1. The lowest BCUT2D eigenvalue weighted by molar-refractivity contribution is 0.102. The van der Waals surface area contributed by atoms with Gasteiger partial charge in [0.05, 0.1) is 6.42 Å². The second-order valence-corrected chi connectivity index (χ2v) is 5.87. The van der Waals surface area contributed by atoms with Crippen molar-refractivity contribution in [1.29, 1.82) is 0 Å². The third-order valence-electron chi connectivity index (χ3n) is 3.31. The Balaban J connectivity index is 1.64. The Morgan fingerprint density at radius 3 is 2.50 bits per heavy atom. The van der Waals surface area contributed by atoms with Gasteiger partial charge in [0.1, 0.15) is 5.82 Å². The van der Waals surface area contributed by atoms with E-state index in [0.717, 1.165) is 5.56 Å². The molecule has 0 atom stereocenters. The minimum Gasteiger partial charge on any atom is -0.407 e. The Morgan fingerprint density at radius 2 is 1.83 bits per heavy atom. The fraction of sp³-hybridized carbons (Fsp3) is 0.118. The Morgan fingerprint density at radius 1 is 1.12 bits per heavy atom. The number of carbonyl (C=O) groups is 1. The maximum atomic E-state index is 12.9. The Hall–Kier alpha value is -2.67. The van der Waals surface area contributed by atoms with Crippen LogP contribution in [-0.2, 0) is 6.42 Å². The van der Waals surface area contributed by atoms with E-state index in [1.165, 1.54) is 29.2 Å². The average molecular weight is 343 g/mol. The van der Waals surface area contributed by atoms with Crippen LogP contribution in [0, 0.1) is 5.82 Å². The number of benzene rings is 2. The molecule has 0 bridgehead atoms. The van der Waals surface area contributed by atoms with Crippen LogP contribution in [0.5, 0.6) is 0 Å². The molecule has 3 rings (SSSR count). The largest absolute Gasteiger partial charge is 0.407 e. The number of rotatable bonds is 5.